The maximum atomic E-state index is 10.4. The Labute approximate surface area is 85.7 Å². The van der Waals surface area contributed by atoms with Crippen LogP contribution in [-0.4, -0.2) is 17.1 Å². The van der Waals surface area contributed by atoms with Crippen LogP contribution in [0.2, 0.25) is 0 Å². The molecule has 0 heterocycles. The Hall–Kier alpha value is -0.570. The van der Waals surface area contributed by atoms with E-state index in [2.05, 4.69) is 6.92 Å². The van der Waals surface area contributed by atoms with Crippen LogP contribution in [0, 0.1) is 11.8 Å². The molecule has 0 aromatic rings. The second kappa shape index (κ2) is 5.35. The minimum atomic E-state index is -0.784. The molecule has 3 nitrogen and oxygen atoms in total. The predicted octanol–water partition coefficient (Wildman–Crippen LogP) is 2.00. The van der Waals surface area contributed by atoms with Crippen molar-refractivity contribution < 1.29 is 9.90 Å². The molecule has 82 valence electrons. The smallest absolute Gasteiger partial charge is 0.304 e. The summed E-state index contributed by atoms with van der Waals surface area (Å²) in [7, 11) is 0. The van der Waals surface area contributed by atoms with Gasteiger partial charge in [-0.15, -0.1) is 0 Å². The number of carboxylic acids is 1. The Morgan fingerprint density at radius 3 is 2.64 bits per heavy atom. The summed E-state index contributed by atoms with van der Waals surface area (Å²) in [5.41, 5.74) is 5.78. The molecular formula is C11H21NO2. The summed E-state index contributed by atoms with van der Waals surface area (Å²) in [6, 6.07) is -0.174. The van der Waals surface area contributed by atoms with Crippen LogP contribution in [0.15, 0.2) is 0 Å². The zero-order valence-corrected chi connectivity index (χ0v) is 8.91. The molecule has 1 aliphatic rings. The lowest BCUT2D eigenvalue weighted by molar-refractivity contribution is -0.137. The van der Waals surface area contributed by atoms with Crippen LogP contribution in [-0.2, 0) is 4.79 Å². The minimum Gasteiger partial charge on any atom is -0.481 e. The highest BCUT2D eigenvalue weighted by Crippen LogP contribution is 2.32. The SMILES string of the molecule is CC(CCC1CCC1)C(N)CC(=O)O. The van der Waals surface area contributed by atoms with E-state index in [-0.39, 0.29) is 12.5 Å². The number of hydrogen-bond donors (Lipinski definition) is 2. The van der Waals surface area contributed by atoms with Gasteiger partial charge in [-0.05, 0) is 18.3 Å². The highest BCUT2D eigenvalue weighted by Gasteiger charge is 2.21. The van der Waals surface area contributed by atoms with Crippen molar-refractivity contribution in [1.82, 2.24) is 0 Å². The van der Waals surface area contributed by atoms with E-state index in [0.29, 0.717) is 5.92 Å². The fourth-order valence-electron chi connectivity index (χ4n) is 1.90. The standard InChI is InChI=1S/C11H21NO2/c1-8(10(12)7-11(13)14)5-6-9-3-2-4-9/h8-10H,2-7,12H2,1H3,(H,13,14). The third kappa shape index (κ3) is 3.66. The lowest BCUT2D eigenvalue weighted by Gasteiger charge is -2.27. The van der Waals surface area contributed by atoms with Crippen molar-refractivity contribution in [2.45, 2.75) is 51.5 Å². The Bertz CT molecular complexity index is 190. The number of hydrogen-bond acceptors (Lipinski definition) is 2. The van der Waals surface area contributed by atoms with Crippen molar-refractivity contribution in [3.05, 3.63) is 0 Å². The Morgan fingerprint density at radius 2 is 2.21 bits per heavy atom. The van der Waals surface area contributed by atoms with Crippen LogP contribution >= 0.6 is 0 Å². The van der Waals surface area contributed by atoms with Gasteiger partial charge < -0.3 is 10.8 Å². The fraction of sp³-hybridized carbons (Fsp3) is 0.909. The summed E-state index contributed by atoms with van der Waals surface area (Å²) >= 11 is 0. The van der Waals surface area contributed by atoms with E-state index in [0.717, 1.165) is 12.3 Å². The van der Waals surface area contributed by atoms with Crippen LogP contribution < -0.4 is 5.73 Å². The largest absolute Gasteiger partial charge is 0.481 e. The van der Waals surface area contributed by atoms with Crippen molar-refractivity contribution >= 4 is 5.97 Å². The number of rotatable bonds is 6. The van der Waals surface area contributed by atoms with Crippen LogP contribution in [0.3, 0.4) is 0 Å². The molecular weight excluding hydrogens is 178 g/mol. The average molecular weight is 199 g/mol. The highest BCUT2D eigenvalue weighted by molar-refractivity contribution is 5.67. The van der Waals surface area contributed by atoms with Crippen LogP contribution in [0.4, 0.5) is 0 Å². The van der Waals surface area contributed by atoms with Gasteiger partial charge in [0.1, 0.15) is 0 Å². The molecule has 0 bridgehead atoms. The van der Waals surface area contributed by atoms with E-state index in [1.807, 2.05) is 0 Å². The topological polar surface area (TPSA) is 63.3 Å². The molecule has 2 unspecified atom stereocenters. The Kier molecular flexibility index (Phi) is 4.39. The molecule has 1 rings (SSSR count). The molecule has 0 aliphatic heterocycles. The molecule has 2 atom stereocenters. The Morgan fingerprint density at radius 1 is 1.57 bits per heavy atom. The van der Waals surface area contributed by atoms with Crippen molar-refractivity contribution in [1.29, 1.82) is 0 Å². The summed E-state index contributed by atoms with van der Waals surface area (Å²) in [5.74, 6) is 0.453. The summed E-state index contributed by atoms with van der Waals surface area (Å²) in [6.07, 6.45) is 6.52. The van der Waals surface area contributed by atoms with E-state index < -0.39 is 5.97 Å². The van der Waals surface area contributed by atoms with Crippen molar-refractivity contribution in [2.24, 2.45) is 17.6 Å². The third-order valence-electron chi connectivity index (χ3n) is 3.40. The van der Waals surface area contributed by atoms with Gasteiger partial charge in [-0.1, -0.05) is 32.6 Å². The molecule has 3 N–H and O–H groups in total. The second-order valence-corrected chi connectivity index (χ2v) is 4.61. The second-order valence-electron chi connectivity index (χ2n) is 4.61. The Balaban J connectivity index is 2.12. The zero-order valence-electron chi connectivity index (χ0n) is 8.91. The molecule has 0 saturated heterocycles. The van der Waals surface area contributed by atoms with E-state index in [9.17, 15) is 4.79 Å². The van der Waals surface area contributed by atoms with Crippen LogP contribution in [0.25, 0.3) is 0 Å². The average Bonchev–Trinajstić information content (AvgIpc) is 1.99. The first-order valence-corrected chi connectivity index (χ1v) is 5.57. The van der Waals surface area contributed by atoms with Gasteiger partial charge >= 0.3 is 5.97 Å². The van der Waals surface area contributed by atoms with Crippen molar-refractivity contribution in [3.63, 3.8) is 0 Å². The van der Waals surface area contributed by atoms with Gasteiger partial charge in [-0.3, -0.25) is 4.79 Å². The lowest BCUT2D eigenvalue weighted by Crippen LogP contribution is -2.31. The molecule has 1 aliphatic carbocycles. The van der Waals surface area contributed by atoms with E-state index in [1.54, 1.807) is 0 Å². The summed E-state index contributed by atoms with van der Waals surface area (Å²) in [4.78, 5) is 10.4. The first-order valence-electron chi connectivity index (χ1n) is 5.57. The van der Waals surface area contributed by atoms with Crippen LogP contribution in [0.1, 0.15) is 45.4 Å². The quantitative estimate of drug-likeness (QED) is 0.687. The molecule has 1 fully saturated rings. The van der Waals surface area contributed by atoms with Gasteiger partial charge in [0.25, 0.3) is 0 Å². The van der Waals surface area contributed by atoms with Gasteiger partial charge in [-0.25, -0.2) is 0 Å². The maximum Gasteiger partial charge on any atom is 0.304 e. The molecule has 3 heteroatoms. The molecule has 1 saturated carbocycles. The first-order chi connectivity index (χ1) is 6.59. The highest BCUT2D eigenvalue weighted by atomic mass is 16.4. The summed E-state index contributed by atoms with van der Waals surface area (Å²) in [5, 5.41) is 8.59. The minimum absolute atomic E-state index is 0.103. The maximum absolute atomic E-state index is 10.4. The normalized spacial score (nSPS) is 21.3. The van der Waals surface area contributed by atoms with Crippen molar-refractivity contribution in [3.8, 4) is 0 Å². The lowest BCUT2D eigenvalue weighted by atomic mass is 9.79. The van der Waals surface area contributed by atoms with E-state index in [1.165, 1.54) is 25.7 Å². The molecule has 0 spiro atoms. The molecule has 0 aromatic carbocycles. The monoisotopic (exact) mass is 199 g/mol. The van der Waals surface area contributed by atoms with Gasteiger partial charge in [0.2, 0.25) is 0 Å². The third-order valence-corrected chi connectivity index (χ3v) is 3.40. The predicted molar refractivity (Wildman–Crippen MR) is 56.0 cm³/mol. The number of nitrogens with two attached hydrogens (primary N) is 1. The summed E-state index contributed by atoms with van der Waals surface area (Å²) < 4.78 is 0. The van der Waals surface area contributed by atoms with Crippen LogP contribution in [0.5, 0.6) is 0 Å². The van der Waals surface area contributed by atoms with Gasteiger partial charge in [0, 0.05) is 6.04 Å². The molecule has 0 aromatic heterocycles. The fourth-order valence-corrected chi connectivity index (χ4v) is 1.90. The zero-order chi connectivity index (χ0) is 10.6. The molecule has 0 amide bonds. The number of carboxylic acid groups (broad SMARTS) is 1. The number of aliphatic carboxylic acids is 1. The van der Waals surface area contributed by atoms with Crippen molar-refractivity contribution in [2.75, 3.05) is 0 Å². The number of carbonyl (C=O) groups is 1. The van der Waals surface area contributed by atoms with Gasteiger partial charge in [0.15, 0.2) is 0 Å². The summed E-state index contributed by atoms with van der Waals surface area (Å²) in [6.45, 7) is 2.06. The first kappa shape index (κ1) is 11.5. The van der Waals surface area contributed by atoms with E-state index >= 15 is 0 Å². The van der Waals surface area contributed by atoms with E-state index in [4.69, 9.17) is 10.8 Å². The van der Waals surface area contributed by atoms with Gasteiger partial charge in [-0.2, -0.15) is 0 Å². The molecule has 0 radical (unpaired) electrons. The van der Waals surface area contributed by atoms with Gasteiger partial charge in [0.05, 0.1) is 6.42 Å². The molecule has 14 heavy (non-hydrogen) atoms.